The number of hydrogen-bond donors (Lipinski definition) is 1. The molecule has 0 saturated carbocycles. The van der Waals surface area contributed by atoms with Crippen molar-refractivity contribution in [2.45, 2.75) is 39.3 Å². The molecule has 1 aliphatic rings. The molecule has 0 spiro atoms. The first-order chi connectivity index (χ1) is 14.3. The number of carbonyl (C=O) groups is 3. The Labute approximate surface area is 172 Å². The average Bonchev–Trinajstić information content (AvgIpc) is 2.92. The van der Waals surface area contributed by atoms with E-state index >= 15 is 0 Å². The van der Waals surface area contributed by atoms with Gasteiger partial charge in [-0.05, 0) is 50.1 Å². The zero-order valence-electron chi connectivity index (χ0n) is 16.7. The summed E-state index contributed by atoms with van der Waals surface area (Å²) < 4.78 is 29.1. The van der Waals surface area contributed by atoms with Crippen molar-refractivity contribution < 1.29 is 27.9 Å². The third-order valence-electron chi connectivity index (χ3n) is 4.87. The molecule has 2 aromatic rings. The van der Waals surface area contributed by atoms with Gasteiger partial charge in [0.1, 0.15) is 5.75 Å². The van der Waals surface area contributed by atoms with Crippen LogP contribution in [0.1, 0.15) is 57.7 Å². The second-order valence-corrected chi connectivity index (χ2v) is 7.15. The van der Waals surface area contributed by atoms with Gasteiger partial charge in [-0.25, -0.2) is 0 Å². The Hall–Kier alpha value is -3.29. The first-order valence-corrected chi connectivity index (χ1v) is 9.57. The number of benzene rings is 2. The van der Waals surface area contributed by atoms with E-state index < -0.39 is 12.7 Å². The zero-order chi connectivity index (χ0) is 21.8. The summed E-state index contributed by atoms with van der Waals surface area (Å²) in [6, 6.07) is 10.8. The quantitative estimate of drug-likeness (QED) is 0.664. The number of halogens is 2. The molecule has 0 aliphatic carbocycles. The highest BCUT2D eigenvalue weighted by Crippen LogP contribution is 2.24. The van der Waals surface area contributed by atoms with Crippen LogP contribution in [-0.4, -0.2) is 35.8 Å². The van der Waals surface area contributed by atoms with Crippen LogP contribution in [-0.2, 0) is 4.79 Å². The van der Waals surface area contributed by atoms with Crippen molar-refractivity contribution in [2.24, 2.45) is 0 Å². The maximum Gasteiger partial charge on any atom is 0.387 e. The van der Waals surface area contributed by atoms with E-state index in [1.807, 2.05) is 6.92 Å². The number of rotatable bonds is 8. The highest BCUT2D eigenvalue weighted by atomic mass is 19.3. The maximum atomic E-state index is 12.4. The summed E-state index contributed by atoms with van der Waals surface area (Å²) in [5.74, 6) is -0.942. The number of fused-ring (bicyclic) bond motifs is 1. The summed E-state index contributed by atoms with van der Waals surface area (Å²) in [4.78, 5) is 38.2. The number of hydrogen-bond acceptors (Lipinski definition) is 4. The third-order valence-corrected chi connectivity index (χ3v) is 4.87. The molecule has 0 bridgehead atoms. The second-order valence-electron chi connectivity index (χ2n) is 7.15. The Bertz CT molecular complexity index is 977. The Balaban J connectivity index is 1.51. The van der Waals surface area contributed by atoms with Crippen molar-refractivity contribution in [3.63, 3.8) is 0 Å². The van der Waals surface area contributed by atoms with E-state index in [4.69, 9.17) is 0 Å². The van der Waals surface area contributed by atoms with E-state index in [9.17, 15) is 23.2 Å². The van der Waals surface area contributed by atoms with Crippen molar-refractivity contribution in [1.82, 2.24) is 10.2 Å². The second kappa shape index (κ2) is 9.02. The zero-order valence-corrected chi connectivity index (χ0v) is 16.7. The van der Waals surface area contributed by atoms with Gasteiger partial charge in [-0.2, -0.15) is 8.78 Å². The van der Waals surface area contributed by atoms with Crippen molar-refractivity contribution in [1.29, 1.82) is 0 Å². The summed E-state index contributed by atoms with van der Waals surface area (Å²) in [6.07, 6.45) is 0.432. The topological polar surface area (TPSA) is 75.7 Å². The monoisotopic (exact) mass is 416 g/mol. The molecule has 3 rings (SSSR count). The lowest BCUT2D eigenvalue weighted by atomic mass is 10.1. The first kappa shape index (κ1) is 21.4. The molecule has 3 amide bonds. The van der Waals surface area contributed by atoms with Gasteiger partial charge in [-0.3, -0.25) is 19.3 Å². The van der Waals surface area contributed by atoms with E-state index in [-0.39, 0.29) is 36.4 Å². The fourth-order valence-electron chi connectivity index (χ4n) is 3.36. The van der Waals surface area contributed by atoms with Crippen LogP contribution >= 0.6 is 0 Å². The van der Waals surface area contributed by atoms with Crippen LogP contribution in [0.2, 0.25) is 0 Å². The number of aryl methyl sites for hydroxylation is 1. The van der Waals surface area contributed by atoms with Gasteiger partial charge < -0.3 is 10.1 Å². The molecule has 158 valence electrons. The molecule has 1 atom stereocenters. The van der Waals surface area contributed by atoms with Gasteiger partial charge in [-0.1, -0.05) is 23.8 Å². The van der Waals surface area contributed by atoms with Gasteiger partial charge in [0.15, 0.2) is 0 Å². The molecule has 6 nitrogen and oxygen atoms in total. The van der Waals surface area contributed by atoms with Crippen LogP contribution in [0.25, 0.3) is 0 Å². The Morgan fingerprint density at radius 1 is 1.10 bits per heavy atom. The molecule has 0 radical (unpaired) electrons. The van der Waals surface area contributed by atoms with Crippen molar-refractivity contribution in [3.05, 3.63) is 64.7 Å². The van der Waals surface area contributed by atoms with E-state index in [1.54, 1.807) is 37.3 Å². The summed E-state index contributed by atoms with van der Waals surface area (Å²) in [5.41, 5.74) is 2.30. The molecule has 1 N–H and O–H groups in total. The van der Waals surface area contributed by atoms with Crippen molar-refractivity contribution in [3.8, 4) is 5.75 Å². The van der Waals surface area contributed by atoms with Crippen LogP contribution in [0.15, 0.2) is 42.5 Å². The molecule has 1 aliphatic heterocycles. The van der Waals surface area contributed by atoms with Gasteiger partial charge in [0.05, 0.1) is 17.2 Å². The molecule has 1 unspecified atom stereocenters. The lowest BCUT2D eigenvalue weighted by Gasteiger charge is -2.17. The predicted octanol–water partition coefficient (Wildman–Crippen LogP) is 3.85. The van der Waals surface area contributed by atoms with Crippen molar-refractivity contribution in [2.75, 3.05) is 6.54 Å². The van der Waals surface area contributed by atoms with Crippen LogP contribution in [0, 0.1) is 6.92 Å². The van der Waals surface area contributed by atoms with E-state index in [0.717, 1.165) is 10.5 Å². The summed E-state index contributed by atoms with van der Waals surface area (Å²) in [6.45, 7) is 0.800. The number of alkyl halides is 2. The van der Waals surface area contributed by atoms with Crippen LogP contribution in [0.5, 0.6) is 5.75 Å². The molecular formula is C22H22F2N2O4. The van der Waals surface area contributed by atoms with E-state index in [2.05, 4.69) is 10.1 Å². The molecule has 2 aromatic carbocycles. The highest BCUT2D eigenvalue weighted by molar-refractivity contribution is 6.21. The van der Waals surface area contributed by atoms with Gasteiger partial charge >= 0.3 is 6.61 Å². The molecular weight excluding hydrogens is 394 g/mol. The number of imide groups is 1. The summed E-state index contributed by atoms with van der Waals surface area (Å²) in [7, 11) is 0. The first-order valence-electron chi connectivity index (χ1n) is 9.57. The number of ether oxygens (including phenoxy) is 1. The fraction of sp³-hybridized carbons (Fsp3) is 0.318. The number of amides is 3. The summed E-state index contributed by atoms with van der Waals surface area (Å²) in [5, 5.41) is 2.78. The van der Waals surface area contributed by atoms with Crippen molar-refractivity contribution >= 4 is 17.7 Å². The van der Waals surface area contributed by atoms with Crippen LogP contribution in [0.3, 0.4) is 0 Å². The number of nitrogens with one attached hydrogen (secondary N) is 1. The van der Waals surface area contributed by atoms with E-state index in [0.29, 0.717) is 23.1 Å². The SMILES string of the molecule is Cc1ccc2c(c1)C(=O)N(CCCC(=O)NC(C)c1cccc(OC(F)F)c1)C2=O. The lowest BCUT2D eigenvalue weighted by molar-refractivity contribution is -0.121. The summed E-state index contributed by atoms with van der Waals surface area (Å²) >= 11 is 0. The number of nitrogens with zero attached hydrogens (tertiary/aromatic N) is 1. The normalized spacial score (nSPS) is 14.1. The van der Waals surface area contributed by atoms with Gasteiger partial charge in [0.25, 0.3) is 11.8 Å². The predicted molar refractivity (Wildman–Crippen MR) is 105 cm³/mol. The van der Waals surface area contributed by atoms with Gasteiger partial charge in [0.2, 0.25) is 5.91 Å². The Morgan fingerprint density at radius 2 is 1.83 bits per heavy atom. The Kier molecular flexibility index (Phi) is 6.44. The van der Waals surface area contributed by atoms with Gasteiger partial charge in [0, 0.05) is 13.0 Å². The maximum absolute atomic E-state index is 12.4. The van der Waals surface area contributed by atoms with Gasteiger partial charge in [-0.15, -0.1) is 0 Å². The molecule has 0 aromatic heterocycles. The molecule has 0 fully saturated rings. The smallest absolute Gasteiger partial charge is 0.387 e. The minimum Gasteiger partial charge on any atom is -0.435 e. The van der Waals surface area contributed by atoms with Crippen LogP contribution < -0.4 is 10.1 Å². The largest absolute Gasteiger partial charge is 0.435 e. The fourth-order valence-corrected chi connectivity index (χ4v) is 3.36. The minimum atomic E-state index is -2.92. The van der Waals surface area contributed by atoms with Crippen LogP contribution in [0.4, 0.5) is 8.78 Å². The third kappa shape index (κ3) is 4.82. The number of carbonyl (C=O) groups excluding carboxylic acids is 3. The standard InChI is InChI=1S/C22H22F2N2O4/c1-13-8-9-17-18(11-13)21(29)26(20(17)28)10-4-7-19(27)25-14(2)15-5-3-6-16(12-15)30-22(23)24/h3,5-6,8-9,11-12,14,22H,4,7,10H2,1-2H3,(H,25,27). The molecule has 30 heavy (non-hydrogen) atoms. The molecule has 0 saturated heterocycles. The molecule has 1 heterocycles. The average molecular weight is 416 g/mol. The Morgan fingerprint density at radius 3 is 2.57 bits per heavy atom. The lowest BCUT2D eigenvalue weighted by Crippen LogP contribution is -2.32. The van der Waals surface area contributed by atoms with E-state index in [1.165, 1.54) is 12.1 Å². The molecule has 8 heteroatoms. The minimum absolute atomic E-state index is 0.0180. The highest BCUT2D eigenvalue weighted by Gasteiger charge is 2.34.